The zero-order valence-corrected chi connectivity index (χ0v) is 11.7. The number of benzene rings is 1. The Bertz CT molecular complexity index is 453. The van der Waals surface area contributed by atoms with E-state index < -0.39 is 0 Å². The van der Waals surface area contributed by atoms with Crippen molar-refractivity contribution in [3.63, 3.8) is 0 Å². The van der Waals surface area contributed by atoms with E-state index >= 15 is 0 Å². The van der Waals surface area contributed by atoms with Crippen LogP contribution in [0.25, 0.3) is 0 Å². The highest BCUT2D eigenvalue weighted by molar-refractivity contribution is 6.31. The molecule has 3 atom stereocenters. The van der Waals surface area contributed by atoms with Crippen LogP contribution in [0.3, 0.4) is 0 Å². The SMILES string of the molecule is NNC(Cc1ccc(F)cc1Cl)C1C2CCCCC21. The third-order valence-electron chi connectivity index (χ3n) is 4.86. The molecule has 0 bridgehead atoms. The van der Waals surface area contributed by atoms with Gasteiger partial charge in [-0.15, -0.1) is 0 Å². The molecule has 3 unspecified atom stereocenters. The summed E-state index contributed by atoms with van der Waals surface area (Å²) in [6, 6.07) is 4.88. The van der Waals surface area contributed by atoms with Crippen LogP contribution in [-0.4, -0.2) is 6.04 Å². The highest BCUT2D eigenvalue weighted by Gasteiger charge is 2.53. The Morgan fingerprint density at radius 3 is 2.58 bits per heavy atom. The van der Waals surface area contributed by atoms with Gasteiger partial charge in [-0.2, -0.15) is 0 Å². The molecule has 0 aromatic heterocycles. The summed E-state index contributed by atoms with van der Waals surface area (Å²) in [5, 5.41) is 0.504. The fourth-order valence-electron chi connectivity index (χ4n) is 3.87. The van der Waals surface area contributed by atoms with Gasteiger partial charge in [-0.05, 0) is 54.7 Å². The van der Waals surface area contributed by atoms with E-state index in [2.05, 4.69) is 5.43 Å². The van der Waals surface area contributed by atoms with Crippen LogP contribution in [0.2, 0.25) is 5.02 Å². The second-order valence-electron chi connectivity index (χ2n) is 5.90. The van der Waals surface area contributed by atoms with Crippen LogP contribution < -0.4 is 11.3 Å². The van der Waals surface area contributed by atoms with Gasteiger partial charge in [0, 0.05) is 11.1 Å². The van der Waals surface area contributed by atoms with Crippen molar-refractivity contribution < 1.29 is 4.39 Å². The van der Waals surface area contributed by atoms with Gasteiger partial charge in [0.25, 0.3) is 0 Å². The van der Waals surface area contributed by atoms with E-state index in [0.29, 0.717) is 10.9 Å². The average Bonchev–Trinajstić information content (AvgIpc) is 3.12. The highest BCUT2D eigenvalue weighted by atomic mass is 35.5. The first-order valence-electron chi connectivity index (χ1n) is 7.10. The van der Waals surface area contributed by atoms with Crippen molar-refractivity contribution in [2.45, 2.75) is 38.1 Å². The van der Waals surface area contributed by atoms with Crippen molar-refractivity contribution in [1.29, 1.82) is 0 Å². The first kappa shape index (κ1) is 13.3. The molecular weight excluding hydrogens is 263 g/mol. The standard InChI is InChI=1S/C15H20ClFN2/c16-13-8-10(17)6-5-9(13)7-14(19-18)15-11-3-1-2-4-12(11)15/h5-6,8,11-12,14-15,19H,1-4,7,18H2. The van der Waals surface area contributed by atoms with E-state index in [1.54, 1.807) is 6.07 Å². The Morgan fingerprint density at radius 2 is 2.00 bits per heavy atom. The van der Waals surface area contributed by atoms with Gasteiger partial charge in [0.05, 0.1) is 0 Å². The number of fused-ring (bicyclic) bond motifs is 1. The molecule has 2 aliphatic carbocycles. The molecule has 0 amide bonds. The molecule has 3 N–H and O–H groups in total. The van der Waals surface area contributed by atoms with E-state index in [-0.39, 0.29) is 11.9 Å². The molecule has 19 heavy (non-hydrogen) atoms. The van der Waals surface area contributed by atoms with Crippen LogP contribution in [0, 0.1) is 23.6 Å². The smallest absolute Gasteiger partial charge is 0.124 e. The van der Waals surface area contributed by atoms with E-state index in [1.165, 1.54) is 37.8 Å². The van der Waals surface area contributed by atoms with E-state index in [1.807, 2.05) is 0 Å². The van der Waals surface area contributed by atoms with Gasteiger partial charge < -0.3 is 0 Å². The van der Waals surface area contributed by atoms with Crippen molar-refractivity contribution in [1.82, 2.24) is 5.43 Å². The van der Waals surface area contributed by atoms with E-state index in [0.717, 1.165) is 23.8 Å². The molecule has 0 radical (unpaired) electrons. The van der Waals surface area contributed by atoms with E-state index in [9.17, 15) is 4.39 Å². The number of halogens is 2. The maximum atomic E-state index is 13.1. The first-order chi connectivity index (χ1) is 9.20. The van der Waals surface area contributed by atoms with Crippen molar-refractivity contribution in [2.24, 2.45) is 23.6 Å². The van der Waals surface area contributed by atoms with Crippen LogP contribution in [-0.2, 0) is 6.42 Å². The summed E-state index contributed by atoms with van der Waals surface area (Å²) in [7, 11) is 0. The normalized spacial score (nSPS) is 30.8. The van der Waals surface area contributed by atoms with E-state index in [4.69, 9.17) is 17.4 Å². The van der Waals surface area contributed by atoms with Crippen LogP contribution in [0.5, 0.6) is 0 Å². The lowest BCUT2D eigenvalue weighted by atomic mass is 10.0. The lowest BCUT2D eigenvalue weighted by Crippen LogP contribution is -2.39. The third-order valence-corrected chi connectivity index (χ3v) is 5.21. The molecule has 3 rings (SSSR count). The summed E-state index contributed by atoms with van der Waals surface area (Å²) in [6.07, 6.45) is 6.17. The molecule has 2 aliphatic rings. The Labute approximate surface area is 118 Å². The summed E-state index contributed by atoms with van der Waals surface area (Å²) in [4.78, 5) is 0. The number of hydrogen-bond donors (Lipinski definition) is 2. The van der Waals surface area contributed by atoms with Gasteiger partial charge in [-0.3, -0.25) is 11.3 Å². The van der Waals surface area contributed by atoms with Crippen LogP contribution in [0.15, 0.2) is 18.2 Å². The zero-order chi connectivity index (χ0) is 13.4. The second-order valence-corrected chi connectivity index (χ2v) is 6.31. The minimum Gasteiger partial charge on any atom is -0.271 e. The monoisotopic (exact) mass is 282 g/mol. The zero-order valence-electron chi connectivity index (χ0n) is 10.9. The largest absolute Gasteiger partial charge is 0.271 e. The number of nitrogens with one attached hydrogen (secondary N) is 1. The lowest BCUT2D eigenvalue weighted by Gasteiger charge is -2.17. The lowest BCUT2D eigenvalue weighted by molar-refractivity contribution is 0.437. The molecule has 1 aromatic carbocycles. The third kappa shape index (κ3) is 2.64. The molecule has 2 saturated carbocycles. The summed E-state index contributed by atoms with van der Waals surface area (Å²) in [5.41, 5.74) is 3.94. The topological polar surface area (TPSA) is 38.0 Å². The van der Waals surface area contributed by atoms with Gasteiger partial charge in [0.2, 0.25) is 0 Å². The Morgan fingerprint density at radius 1 is 1.32 bits per heavy atom. The number of hydrogen-bond acceptors (Lipinski definition) is 2. The maximum absolute atomic E-state index is 13.1. The van der Waals surface area contributed by atoms with Crippen LogP contribution in [0.1, 0.15) is 31.2 Å². The fourth-order valence-corrected chi connectivity index (χ4v) is 4.12. The quantitative estimate of drug-likeness (QED) is 0.657. The van der Waals surface area contributed by atoms with Crippen molar-refractivity contribution >= 4 is 11.6 Å². The Balaban J connectivity index is 1.70. The number of rotatable bonds is 4. The van der Waals surface area contributed by atoms with Crippen molar-refractivity contribution in [3.8, 4) is 0 Å². The molecule has 1 aromatic rings. The molecule has 0 saturated heterocycles. The number of hydrazine groups is 1. The van der Waals surface area contributed by atoms with Gasteiger partial charge in [0.1, 0.15) is 5.82 Å². The van der Waals surface area contributed by atoms with Crippen molar-refractivity contribution in [2.75, 3.05) is 0 Å². The predicted octanol–water partition coefficient (Wildman–Crippen LogP) is 3.29. The highest BCUT2D eigenvalue weighted by Crippen LogP contribution is 2.57. The van der Waals surface area contributed by atoms with Crippen LogP contribution >= 0.6 is 11.6 Å². The number of nitrogens with two attached hydrogens (primary N) is 1. The first-order valence-corrected chi connectivity index (χ1v) is 7.48. The van der Waals surface area contributed by atoms with Gasteiger partial charge in [0.15, 0.2) is 0 Å². The molecule has 4 heteroatoms. The minimum absolute atomic E-state index is 0.260. The van der Waals surface area contributed by atoms with Crippen molar-refractivity contribution in [3.05, 3.63) is 34.6 Å². The minimum atomic E-state index is -0.286. The average molecular weight is 283 g/mol. The van der Waals surface area contributed by atoms with Gasteiger partial charge in [-0.1, -0.05) is 30.5 Å². The summed E-state index contributed by atoms with van der Waals surface area (Å²) >= 11 is 6.10. The molecule has 104 valence electrons. The van der Waals surface area contributed by atoms with Gasteiger partial charge in [-0.25, -0.2) is 4.39 Å². The second kappa shape index (κ2) is 5.39. The predicted molar refractivity (Wildman–Crippen MR) is 75.2 cm³/mol. The molecule has 2 nitrogen and oxygen atoms in total. The molecule has 0 aliphatic heterocycles. The summed E-state index contributed by atoms with van der Waals surface area (Å²) in [5.74, 6) is 7.80. The van der Waals surface area contributed by atoms with Gasteiger partial charge >= 0.3 is 0 Å². The Hall–Kier alpha value is -0.640. The molecule has 2 fully saturated rings. The molecular formula is C15H20ClFN2. The maximum Gasteiger partial charge on any atom is 0.124 e. The van der Waals surface area contributed by atoms with Crippen LogP contribution in [0.4, 0.5) is 4.39 Å². The molecule has 0 heterocycles. The Kier molecular flexibility index (Phi) is 3.79. The summed E-state index contributed by atoms with van der Waals surface area (Å²) < 4.78 is 13.1. The summed E-state index contributed by atoms with van der Waals surface area (Å²) in [6.45, 7) is 0. The fraction of sp³-hybridized carbons (Fsp3) is 0.600. The molecule has 0 spiro atoms.